The van der Waals surface area contributed by atoms with Crippen molar-refractivity contribution < 1.29 is 8.85 Å². The SMILES string of the molecule is CCC1=CCC([Si](OC)(OC)C2=C(CC)C(CC)=CC2)=C1CC. The van der Waals surface area contributed by atoms with Gasteiger partial charge in [-0.3, -0.25) is 0 Å². The lowest BCUT2D eigenvalue weighted by Crippen LogP contribution is -2.46. The van der Waals surface area contributed by atoms with Crippen molar-refractivity contribution in [2.75, 3.05) is 14.2 Å². The van der Waals surface area contributed by atoms with Crippen LogP contribution in [0.3, 0.4) is 0 Å². The fourth-order valence-electron chi connectivity index (χ4n) is 4.35. The quantitative estimate of drug-likeness (QED) is 0.531. The molecule has 0 heterocycles. The summed E-state index contributed by atoms with van der Waals surface area (Å²) in [6.45, 7) is 9.01. The van der Waals surface area contributed by atoms with Gasteiger partial charge in [-0.05, 0) is 71.2 Å². The summed E-state index contributed by atoms with van der Waals surface area (Å²) in [4.78, 5) is 0. The zero-order chi connectivity index (χ0) is 17.0. The predicted octanol–water partition coefficient (Wildman–Crippen LogP) is 5.69. The van der Waals surface area contributed by atoms with Gasteiger partial charge >= 0.3 is 8.56 Å². The lowest BCUT2D eigenvalue weighted by atomic mass is 10.1. The van der Waals surface area contributed by atoms with E-state index < -0.39 is 8.56 Å². The van der Waals surface area contributed by atoms with E-state index in [9.17, 15) is 0 Å². The molecule has 0 unspecified atom stereocenters. The first-order valence-corrected chi connectivity index (χ1v) is 10.9. The van der Waals surface area contributed by atoms with Gasteiger partial charge < -0.3 is 8.85 Å². The summed E-state index contributed by atoms with van der Waals surface area (Å²) in [6.07, 6.45) is 11.1. The largest absolute Gasteiger partial charge is 0.399 e. The Bertz CT molecular complexity index is 526. The van der Waals surface area contributed by atoms with Crippen molar-refractivity contribution in [3.8, 4) is 0 Å². The molecule has 0 aromatic heterocycles. The van der Waals surface area contributed by atoms with Gasteiger partial charge in [0.15, 0.2) is 0 Å². The van der Waals surface area contributed by atoms with Gasteiger partial charge in [0.1, 0.15) is 0 Å². The molecule has 0 fully saturated rings. The van der Waals surface area contributed by atoms with E-state index in [2.05, 4.69) is 39.8 Å². The van der Waals surface area contributed by atoms with Crippen LogP contribution in [0.1, 0.15) is 66.2 Å². The lowest BCUT2D eigenvalue weighted by Gasteiger charge is -2.33. The molecule has 0 amide bonds. The smallest absolute Gasteiger partial charge is 0.391 e. The van der Waals surface area contributed by atoms with E-state index in [1.165, 1.54) is 32.7 Å². The predicted molar refractivity (Wildman–Crippen MR) is 100 cm³/mol. The maximum Gasteiger partial charge on any atom is 0.399 e. The third-order valence-corrected chi connectivity index (χ3v) is 9.20. The lowest BCUT2D eigenvalue weighted by molar-refractivity contribution is 0.260. The van der Waals surface area contributed by atoms with Crippen LogP contribution in [0.5, 0.6) is 0 Å². The maximum absolute atomic E-state index is 6.24. The van der Waals surface area contributed by atoms with Gasteiger partial charge in [-0.15, -0.1) is 0 Å². The number of allylic oxidation sites excluding steroid dienone is 8. The summed E-state index contributed by atoms with van der Waals surface area (Å²) >= 11 is 0. The summed E-state index contributed by atoms with van der Waals surface area (Å²) in [7, 11) is 1.20. The van der Waals surface area contributed by atoms with Crippen LogP contribution < -0.4 is 0 Å². The standard InChI is InChI=1S/C20H32O2Si/c1-7-15-11-13-19(17(15)9-3)23(21-5,22-6)20-14-12-16(8-2)18(20)10-4/h11-12H,7-10,13-14H2,1-6H3. The molecule has 0 aromatic carbocycles. The second kappa shape index (κ2) is 7.78. The van der Waals surface area contributed by atoms with Gasteiger partial charge in [0, 0.05) is 14.2 Å². The van der Waals surface area contributed by atoms with E-state index in [1.54, 1.807) is 0 Å². The molecule has 2 aliphatic rings. The normalized spacial score (nSPS) is 18.9. The Morgan fingerprint density at radius 1 is 0.739 bits per heavy atom. The summed E-state index contributed by atoms with van der Waals surface area (Å²) < 4.78 is 12.5. The molecule has 0 radical (unpaired) electrons. The second-order valence-electron chi connectivity index (χ2n) is 6.22. The average Bonchev–Trinajstić information content (AvgIpc) is 3.20. The summed E-state index contributed by atoms with van der Waals surface area (Å²) in [6, 6.07) is 0. The Kier molecular flexibility index (Phi) is 6.23. The summed E-state index contributed by atoms with van der Waals surface area (Å²) in [5.74, 6) is 0. The van der Waals surface area contributed by atoms with E-state index in [-0.39, 0.29) is 0 Å². The Morgan fingerprint density at radius 2 is 1.13 bits per heavy atom. The van der Waals surface area contributed by atoms with Crippen molar-refractivity contribution in [3.05, 3.63) is 44.8 Å². The molecule has 23 heavy (non-hydrogen) atoms. The highest BCUT2D eigenvalue weighted by atomic mass is 28.4. The van der Waals surface area contributed by atoms with E-state index in [0.29, 0.717) is 0 Å². The highest BCUT2D eigenvalue weighted by Gasteiger charge is 2.48. The molecule has 128 valence electrons. The minimum atomic E-state index is -2.51. The van der Waals surface area contributed by atoms with Crippen LogP contribution >= 0.6 is 0 Å². The average molecular weight is 333 g/mol. The number of hydrogen-bond donors (Lipinski definition) is 0. The molecule has 0 saturated carbocycles. The molecule has 0 bridgehead atoms. The van der Waals surface area contributed by atoms with Gasteiger partial charge in [-0.2, -0.15) is 0 Å². The Labute approximate surface area is 143 Å². The first kappa shape index (κ1) is 18.4. The summed E-state index contributed by atoms with van der Waals surface area (Å²) in [5.41, 5.74) is 5.98. The molecule has 0 atom stereocenters. The Balaban J connectivity index is 2.58. The molecular formula is C20H32O2Si. The van der Waals surface area contributed by atoms with Crippen molar-refractivity contribution in [1.82, 2.24) is 0 Å². The topological polar surface area (TPSA) is 18.5 Å². The molecule has 0 saturated heterocycles. The maximum atomic E-state index is 6.24. The first-order chi connectivity index (χ1) is 11.1. The van der Waals surface area contributed by atoms with Gasteiger partial charge in [-0.25, -0.2) is 0 Å². The molecule has 2 aliphatic carbocycles. The fourth-order valence-corrected chi connectivity index (χ4v) is 8.08. The van der Waals surface area contributed by atoms with Gasteiger partial charge in [0.05, 0.1) is 0 Å². The van der Waals surface area contributed by atoms with Gasteiger partial charge in [-0.1, -0.05) is 39.8 Å². The summed E-state index contributed by atoms with van der Waals surface area (Å²) in [5, 5.41) is 2.90. The molecule has 0 spiro atoms. The van der Waals surface area contributed by atoms with Crippen LogP contribution in [0.15, 0.2) is 44.8 Å². The highest BCUT2D eigenvalue weighted by Crippen LogP contribution is 2.44. The molecule has 2 rings (SSSR count). The highest BCUT2D eigenvalue weighted by molar-refractivity contribution is 6.82. The number of hydrogen-bond acceptors (Lipinski definition) is 2. The zero-order valence-corrected chi connectivity index (χ0v) is 16.7. The molecule has 0 N–H and O–H groups in total. The Morgan fingerprint density at radius 3 is 1.39 bits per heavy atom. The molecule has 3 heteroatoms. The second-order valence-corrected chi connectivity index (χ2v) is 9.48. The van der Waals surface area contributed by atoms with Crippen LogP contribution in [0.2, 0.25) is 0 Å². The van der Waals surface area contributed by atoms with Gasteiger partial charge in [0.25, 0.3) is 0 Å². The van der Waals surface area contributed by atoms with Crippen LogP contribution in [0, 0.1) is 0 Å². The Hall–Kier alpha value is -0.903. The monoisotopic (exact) mass is 332 g/mol. The van der Waals surface area contributed by atoms with Crippen LogP contribution in [-0.2, 0) is 8.85 Å². The first-order valence-electron chi connectivity index (χ1n) is 9.07. The van der Waals surface area contributed by atoms with Gasteiger partial charge in [0.2, 0.25) is 0 Å². The van der Waals surface area contributed by atoms with E-state index in [0.717, 1.165) is 38.5 Å². The third kappa shape index (κ3) is 2.95. The molecule has 0 aromatic rings. The van der Waals surface area contributed by atoms with Crippen molar-refractivity contribution in [3.63, 3.8) is 0 Å². The van der Waals surface area contributed by atoms with Crippen molar-refractivity contribution in [2.45, 2.75) is 66.2 Å². The van der Waals surface area contributed by atoms with Crippen LogP contribution in [0.4, 0.5) is 0 Å². The van der Waals surface area contributed by atoms with Crippen molar-refractivity contribution in [2.24, 2.45) is 0 Å². The van der Waals surface area contributed by atoms with Crippen molar-refractivity contribution >= 4 is 8.56 Å². The van der Waals surface area contributed by atoms with E-state index in [4.69, 9.17) is 8.85 Å². The van der Waals surface area contributed by atoms with Crippen molar-refractivity contribution in [1.29, 1.82) is 0 Å². The third-order valence-electron chi connectivity index (χ3n) is 5.45. The minimum Gasteiger partial charge on any atom is -0.391 e. The minimum absolute atomic E-state index is 1.00. The molecular weight excluding hydrogens is 300 g/mol. The van der Waals surface area contributed by atoms with Crippen LogP contribution in [0.25, 0.3) is 0 Å². The number of rotatable bonds is 8. The van der Waals surface area contributed by atoms with E-state index in [1.807, 2.05) is 14.2 Å². The van der Waals surface area contributed by atoms with Crippen LogP contribution in [-0.4, -0.2) is 22.8 Å². The fraction of sp³-hybridized carbons (Fsp3) is 0.600. The molecule has 2 nitrogen and oxygen atoms in total. The van der Waals surface area contributed by atoms with E-state index >= 15 is 0 Å². The zero-order valence-electron chi connectivity index (χ0n) is 15.7. The molecule has 0 aliphatic heterocycles.